The zero-order valence-corrected chi connectivity index (χ0v) is 14.7. The monoisotopic (exact) mass is 372 g/mol. The van der Waals surface area contributed by atoms with Crippen LogP contribution in [-0.2, 0) is 6.54 Å². The van der Waals surface area contributed by atoms with Crippen LogP contribution in [0.3, 0.4) is 0 Å². The molecule has 2 aromatic heterocycles. The molecule has 0 radical (unpaired) electrons. The van der Waals surface area contributed by atoms with Gasteiger partial charge in [0.15, 0.2) is 5.82 Å². The predicted molar refractivity (Wildman–Crippen MR) is 95.2 cm³/mol. The highest BCUT2D eigenvalue weighted by atomic mass is 32.1. The Morgan fingerprint density at radius 2 is 2.31 bits per heavy atom. The minimum absolute atomic E-state index is 0.0624. The Hall–Kier alpha value is -2.74. The van der Waals surface area contributed by atoms with Crippen molar-refractivity contribution in [3.8, 4) is 10.8 Å². The van der Waals surface area contributed by atoms with Crippen LogP contribution < -0.4 is 5.32 Å². The van der Waals surface area contributed by atoms with Crippen LogP contribution in [0.15, 0.2) is 46.3 Å². The Balaban J connectivity index is 1.34. The number of urea groups is 1. The number of likely N-dealkylation sites (tertiary alicyclic amines) is 1. The molecule has 0 spiro atoms. The van der Waals surface area contributed by atoms with Crippen LogP contribution >= 0.6 is 11.3 Å². The van der Waals surface area contributed by atoms with Gasteiger partial charge in [-0.1, -0.05) is 23.4 Å². The number of hydrogen-bond donors (Lipinski definition) is 1. The zero-order chi connectivity index (χ0) is 17.9. The minimum atomic E-state index is -0.309. The standard InChI is InChI=1S/C18H17FN4O2S/c19-14-4-1-3-12(9-14)10-20-18(24)23-7-6-13(11-23)16-21-17(25-22-16)15-5-2-8-26-15/h1-5,8-9,13H,6-7,10-11H2,(H,20,24)/t13-/m0/s1. The van der Waals surface area contributed by atoms with Crippen LogP contribution in [-0.4, -0.2) is 34.2 Å². The molecule has 1 saturated heterocycles. The van der Waals surface area contributed by atoms with Gasteiger partial charge in [-0.2, -0.15) is 4.98 Å². The molecule has 0 bridgehead atoms. The summed E-state index contributed by atoms with van der Waals surface area (Å²) in [6.07, 6.45) is 0.788. The van der Waals surface area contributed by atoms with Crippen molar-refractivity contribution in [1.82, 2.24) is 20.4 Å². The summed E-state index contributed by atoms with van der Waals surface area (Å²) in [6.45, 7) is 1.46. The van der Waals surface area contributed by atoms with Crippen LogP contribution in [0.25, 0.3) is 10.8 Å². The topological polar surface area (TPSA) is 71.3 Å². The van der Waals surface area contributed by atoms with Gasteiger partial charge in [0.25, 0.3) is 5.89 Å². The molecular formula is C18H17FN4O2S. The van der Waals surface area contributed by atoms with Gasteiger partial charge >= 0.3 is 6.03 Å². The summed E-state index contributed by atoms with van der Waals surface area (Å²) in [5, 5.41) is 8.85. The molecule has 3 heterocycles. The molecule has 6 nitrogen and oxygen atoms in total. The van der Waals surface area contributed by atoms with Crippen molar-refractivity contribution in [1.29, 1.82) is 0 Å². The molecule has 2 amide bonds. The molecule has 4 rings (SSSR count). The quantitative estimate of drug-likeness (QED) is 0.759. The lowest BCUT2D eigenvalue weighted by molar-refractivity contribution is 0.207. The highest BCUT2D eigenvalue weighted by Crippen LogP contribution is 2.28. The third kappa shape index (κ3) is 3.60. The molecule has 0 unspecified atom stereocenters. The second-order valence-electron chi connectivity index (χ2n) is 6.16. The SMILES string of the molecule is O=C(NCc1cccc(F)c1)N1CC[C@H](c2noc(-c3cccs3)n2)C1. The number of nitrogens with one attached hydrogen (secondary N) is 1. The Labute approximate surface area is 153 Å². The first-order valence-electron chi connectivity index (χ1n) is 8.34. The molecular weight excluding hydrogens is 355 g/mol. The average Bonchev–Trinajstić information content (AvgIpc) is 3.40. The third-order valence-corrected chi connectivity index (χ3v) is 5.20. The van der Waals surface area contributed by atoms with Crippen molar-refractivity contribution in [3.05, 3.63) is 59.0 Å². The summed E-state index contributed by atoms with van der Waals surface area (Å²) in [6, 6.07) is 9.90. The lowest BCUT2D eigenvalue weighted by Crippen LogP contribution is -2.38. The lowest BCUT2D eigenvalue weighted by atomic mass is 10.1. The predicted octanol–water partition coefficient (Wildman–Crippen LogP) is 3.64. The van der Waals surface area contributed by atoms with E-state index in [-0.39, 0.29) is 17.8 Å². The van der Waals surface area contributed by atoms with E-state index in [4.69, 9.17) is 4.52 Å². The van der Waals surface area contributed by atoms with Crippen molar-refractivity contribution in [3.63, 3.8) is 0 Å². The first kappa shape index (κ1) is 16.7. The first-order valence-corrected chi connectivity index (χ1v) is 9.22. The van der Waals surface area contributed by atoms with Gasteiger partial charge in [0, 0.05) is 25.6 Å². The zero-order valence-electron chi connectivity index (χ0n) is 13.9. The van der Waals surface area contributed by atoms with Crippen molar-refractivity contribution in [2.45, 2.75) is 18.9 Å². The number of amides is 2. The van der Waals surface area contributed by atoms with Crippen LogP contribution in [0.4, 0.5) is 9.18 Å². The fourth-order valence-corrected chi connectivity index (χ4v) is 3.64. The van der Waals surface area contributed by atoms with Gasteiger partial charge in [0.05, 0.1) is 4.88 Å². The normalized spacial score (nSPS) is 16.8. The van der Waals surface area contributed by atoms with Crippen LogP contribution in [0.2, 0.25) is 0 Å². The number of hydrogen-bond acceptors (Lipinski definition) is 5. The van der Waals surface area contributed by atoms with Crippen LogP contribution in [0, 0.1) is 5.82 Å². The molecule has 8 heteroatoms. The molecule has 1 aromatic carbocycles. The summed E-state index contributed by atoms with van der Waals surface area (Å²) in [7, 11) is 0. The van der Waals surface area contributed by atoms with Gasteiger partial charge < -0.3 is 14.7 Å². The van der Waals surface area contributed by atoms with Crippen LogP contribution in [0.5, 0.6) is 0 Å². The fraction of sp³-hybridized carbons (Fsp3) is 0.278. The first-order chi connectivity index (χ1) is 12.7. The minimum Gasteiger partial charge on any atom is -0.334 e. The largest absolute Gasteiger partial charge is 0.334 e. The number of halogens is 1. The Morgan fingerprint density at radius 3 is 3.12 bits per heavy atom. The second-order valence-corrected chi connectivity index (χ2v) is 7.10. The maximum absolute atomic E-state index is 13.2. The number of carbonyl (C=O) groups is 1. The molecule has 1 fully saturated rings. The van der Waals surface area contributed by atoms with E-state index >= 15 is 0 Å². The highest BCUT2D eigenvalue weighted by molar-refractivity contribution is 7.13. The van der Waals surface area contributed by atoms with E-state index in [1.165, 1.54) is 12.1 Å². The van der Waals surface area contributed by atoms with Gasteiger partial charge in [-0.15, -0.1) is 11.3 Å². The maximum Gasteiger partial charge on any atom is 0.317 e. The summed E-state index contributed by atoms with van der Waals surface area (Å²) in [4.78, 5) is 19.5. The van der Waals surface area contributed by atoms with Crippen molar-refractivity contribution < 1.29 is 13.7 Å². The summed E-state index contributed by atoms with van der Waals surface area (Å²) in [5.74, 6) is 0.904. The fourth-order valence-electron chi connectivity index (χ4n) is 2.99. The van der Waals surface area contributed by atoms with Gasteiger partial charge in [-0.05, 0) is 35.6 Å². The Morgan fingerprint density at radius 1 is 1.38 bits per heavy atom. The average molecular weight is 372 g/mol. The van der Waals surface area contributed by atoms with E-state index in [9.17, 15) is 9.18 Å². The number of aromatic nitrogens is 2. The molecule has 1 atom stereocenters. The molecule has 0 aliphatic carbocycles. The summed E-state index contributed by atoms with van der Waals surface area (Å²) >= 11 is 1.55. The van der Waals surface area contributed by atoms with Crippen molar-refractivity contribution >= 4 is 17.4 Å². The molecule has 1 aliphatic rings. The molecule has 26 heavy (non-hydrogen) atoms. The maximum atomic E-state index is 13.2. The van der Waals surface area contributed by atoms with E-state index in [1.807, 2.05) is 17.5 Å². The number of carbonyl (C=O) groups excluding carboxylic acids is 1. The number of nitrogens with zero attached hydrogens (tertiary/aromatic N) is 3. The van der Waals surface area contributed by atoms with Gasteiger partial charge in [-0.25, -0.2) is 9.18 Å². The van der Waals surface area contributed by atoms with E-state index in [0.29, 0.717) is 31.3 Å². The smallest absolute Gasteiger partial charge is 0.317 e. The third-order valence-electron chi connectivity index (χ3n) is 4.35. The second kappa shape index (κ2) is 7.25. The Kier molecular flexibility index (Phi) is 4.66. The van der Waals surface area contributed by atoms with Crippen molar-refractivity contribution in [2.75, 3.05) is 13.1 Å². The van der Waals surface area contributed by atoms with E-state index in [1.54, 1.807) is 28.4 Å². The molecule has 1 N–H and O–H groups in total. The van der Waals surface area contributed by atoms with E-state index < -0.39 is 0 Å². The molecule has 134 valence electrons. The van der Waals surface area contributed by atoms with Gasteiger partial charge in [0.2, 0.25) is 0 Å². The number of thiophene rings is 1. The molecule has 1 aliphatic heterocycles. The van der Waals surface area contributed by atoms with Gasteiger partial charge in [0.1, 0.15) is 5.82 Å². The van der Waals surface area contributed by atoms with Gasteiger partial charge in [-0.3, -0.25) is 0 Å². The molecule has 3 aromatic rings. The lowest BCUT2D eigenvalue weighted by Gasteiger charge is -2.16. The summed E-state index contributed by atoms with van der Waals surface area (Å²) in [5.41, 5.74) is 0.729. The summed E-state index contributed by atoms with van der Waals surface area (Å²) < 4.78 is 18.5. The Bertz CT molecular complexity index is 896. The highest BCUT2D eigenvalue weighted by Gasteiger charge is 2.30. The van der Waals surface area contributed by atoms with Crippen molar-refractivity contribution in [2.24, 2.45) is 0 Å². The van der Waals surface area contributed by atoms with E-state index in [0.717, 1.165) is 16.9 Å². The van der Waals surface area contributed by atoms with Crippen LogP contribution in [0.1, 0.15) is 23.7 Å². The number of benzene rings is 1. The van der Waals surface area contributed by atoms with E-state index in [2.05, 4.69) is 15.5 Å². The number of rotatable bonds is 4. The molecule has 0 saturated carbocycles.